The molecule has 0 amide bonds. The van der Waals surface area contributed by atoms with Crippen molar-refractivity contribution in [3.8, 4) is 0 Å². The van der Waals surface area contributed by atoms with E-state index in [4.69, 9.17) is 5.73 Å². The number of hydrogen-bond acceptors (Lipinski definition) is 3. The zero-order valence-electron chi connectivity index (χ0n) is 11.2. The summed E-state index contributed by atoms with van der Waals surface area (Å²) in [7, 11) is 0. The minimum absolute atomic E-state index is 0. The number of nitrogens with zero attached hydrogens (tertiary/aromatic N) is 1. The molecule has 2 aromatic rings. The third-order valence-corrected chi connectivity index (χ3v) is 3.87. The van der Waals surface area contributed by atoms with E-state index in [2.05, 4.69) is 41.5 Å². The number of pyridine rings is 1. The lowest BCUT2D eigenvalue weighted by molar-refractivity contribution is 0.254. The summed E-state index contributed by atoms with van der Waals surface area (Å²) in [6, 6.07) is 12.4. The van der Waals surface area contributed by atoms with Crippen LogP contribution in [0.3, 0.4) is 0 Å². The maximum atomic E-state index is 6.37. The van der Waals surface area contributed by atoms with E-state index in [0.29, 0.717) is 0 Å². The van der Waals surface area contributed by atoms with Crippen molar-refractivity contribution in [1.82, 2.24) is 4.98 Å². The minimum Gasteiger partial charge on any atom is -0.340 e. The summed E-state index contributed by atoms with van der Waals surface area (Å²) >= 11 is 0. The molecule has 1 aliphatic carbocycles. The van der Waals surface area contributed by atoms with Crippen LogP contribution < -0.4 is 11.1 Å². The molecular formula is C17H23N3. The van der Waals surface area contributed by atoms with Crippen LogP contribution in [0.1, 0.15) is 37.8 Å². The predicted octanol–water partition coefficient (Wildman–Crippen LogP) is 4.11. The van der Waals surface area contributed by atoms with E-state index in [1.54, 1.807) is 0 Å². The van der Waals surface area contributed by atoms with Gasteiger partial charge in [-0.15, -0.1) is 0 Å². The van der Waals surface area contributed by atoms with Gasteiger partial charge in [0.15, 0.2) is 0 Å². The first kappa shape index (κ1) is 14.5. The fourth-order valence-electron chi connectivity index (χ4n) is 2.51. The molecule has 0 saturated heterocycles. The van der Waals surface area contributed by atoms with Gasteiger partial charge in [0, 0.05) is 17.4 Å². The molecule has 1 fully saturated rings. The van der Waals surface area contributed by atoms with E-state index < -0.39 is 0 Å². The number of hydrogen-bond donors (Lipinski definition) is 2. The molecule has 1 aromatic heterocycles. The van der Waals surface area contributed by atoms with Gasteiger partial charge < -0.3 is 11.1 Å². The van der Waals surface area contributed by atoms with Gasteiger partial charge in [-0.1, -0.05) is 19.6 Å². The first-order valence-corrected chi connectivity index (χ1v) is 6.75. The molecule has 1 aromatic carbocycles. The Hall–Kier alpha value is -1.87. The van der Waals surface area contributed by atoms with Gasteiger partial charge in [-0.05, 0) is 61.6 Å². The predicted molar refractivity (Wildman–Crippen MR) is 85.1 cm³/mol. The number of aromatic nitrogens is 1. The molecule has 0 bridgehead atoms. The summed E-state index contributed by atoms with van der Waals surface area (Å²) in [4.78, 5) is 4.32. The SMILES string of the molecule is C.Cc1ccnc(Nc2cccc(C3(N)CCC3)c2)c1. The highest BCUT2D eigenvalue weighted by molar-refractivity contribution is 5.58. The van der Waals surface area contributed by atoms with E-state index in [1.165, 1.54) is 17.5 Å². The second-order valence-corrected chi connectivity index (χ2v) is 5.43. The second kappa shape index (κ2) is 5.63. The Labute approximate surface area is 121 Å². The lowest BCUT2D eigenvalue weighted by atomic mass is 9.73. The summed E-state index contributed by atoms with van der Waals surface area (Å²) in [5, 5.41) is 3.34. The molecule has 0 unspecified atom stereocenters. The number of anilines is 2. The molecule has 3 nitrogen and oxygen atoms in total. The molecule has 0 spiro atoms. The standard InChI is InChI=1S/C16H19N3.CH4/c1-12-6-9-18-15(10-12)19-14-5-2-4-13(11-14)16(17)7-3-8-16;/h2,4-6,9-11H,3,7-8,17H2,1H3,(H,18,19);1H4. The first-order valence-electron chi connectivity index (χ1n) is 6.75. The molecule has 0 radical (unpaired) electrons. The van der Waals surface area contributed by atoms with Gasteiger partial charge in [0.05, 0.1) is 0 Å². The topological polar surface area (TPSA) is 50.9 Å². The third-order valence-electron chi connectivity index (χ3n) is 3.87. The first-order chi connectivity index (χ1) is 9.16. The fourth-order valence-corrected chi connectivity index (χ4v) is 2.51. The highest BCUT2D eigenvalue weighted by atomic mass is 15.0. The van der Waals surface area contributed by atoms with E-state index in [1.807, 2.05) is 18.3 Å². The van der Waals surface area contributed by atoms with Gasteiger partial charge in [-0.25, -0.2) is 4.98 Å². The van der Waals surface area contributed by atoms with E-state index in [9.17, 15) is 0 Å². The van der Waals surface area contributed by atoms with E-state index in [-0.39, 0.29) is 13.0 Å². The van der Waals surface area contributed by atoms with Crippen LogP contribution in [0.5, 0.6) is 0 Å². The van der Waals surface area contributed by atoms with Gasteiger partial charge in [0.2, 0.25) is 0 Å². The number of nitrogens with two attached hydrogens (primary N) is 1. The Balaban J connectivity index is 0.00000147. The number of rotatable bonds is 3. The molecule has 0 atom stereocenters. The lowest BCUT2D eigenvalue weighted by Gasteiger charge is -2.38. The third kappa shape index (κ3) is 2.83. The van der Waals surface area contributed by atoms with Crippen molar-refractivity contribution >= 4 is 11.5 Å². The van der Waals surface area contributed by atoms with Crippen LogP contribution >= 0.6 is 0 Å². The van der Waals surface area contributed by atoms with Crippen LogP contribution in [0.4, 0.5) is 11.5 Å². The molecule has 0 aliphatic heterocycles. The Bertz CT molecular complexity index is 588. The second-order valence-electron chi connectivity index (χ2n) is 5.43. The summed E-state index contributed by atoms with van der Waals surface area (Å²) in [5.41, 5.74) is 9.72. The molecule has 106 valence electrons. The van der Waals surface area contributed by atoms with Crippen LogP contribution in [0, 0.1) is 6.92 Å². The number of aryl methyl sites for hydroxylation is 1. The Morgan fingerprint density at radius 2 is 2.00 bits per heavy atom. The normalized spacial score (nSPS) is 15.9. The summed E-state index contributed by atoms with van der Waals surface area (Å²) in [5.74, 6) is 0.872. The maximum absolute atomic E-state index is 6.37. The van der Waals surface area contributed by atoms with Crippen LogP contribution in [0.15, 0.2) is 42.6 Å². The highest BCUT2D eigenvalue weighted by Gasteiger charge is 2.34. The van der Waals surface area contributed by atoms with Crippen LogP contribution in [0.25, 0.3) is 0 Å². The van der Waals surface area contributed by atoms with Gasteiger partial charge >= 0.3 is 0 Å². The van der Waals surface area contributed by atoms with Crippen LogP contribution in [0.2, 0.25) is 0 Å². The summed E-state index contributed by atoms with van der Waals surface area (Å²) in [6.45, 7) is 2.06. The van der Waals surface area contributed by atoms with Crippen molar-refractivity contribution in [1.29, 1.82) is 0 Å². The van der Waals surface area contributed by atoms with Crippen molar-refractivity contribution < 1.29 is 0 Å². The van der Waals surface area contributed by atoms with Gasteiger partial charge in [-0.2, -0.15) is 0 Å². The zero-order valence-corrected chi connectivity index (χ0v) is 11.2. The molecule has 3 N–H and O–H groups in total. The molecule has 1 aliphatic rings. The number of nitrogens with one attached hydrogen (secondary N) is 1. The minimum atomic E-state index is -0.113. The van der Waals surface area contributed by atoms with Crippen molar-refractivity contribution in [2.24, 2.45) is 5.73 Å². The Morgan fingerprint density at radius 3 is 2.65 bits per heavy atom. The monoisotopic (exact) mass is 269 g/mol. The van der Waals surface area contributed by atoms with Crippen LogP contribution in [-0.4, -0.2) is 4.98 Å². The van der Waals surface area contributed by atoms with Crippen molar-refractivity contribution in [2.75, 3.05) is 5.32 Å². The van der Waals surface area contributed by atoms with Crippen LogP contribution in [-0.2, 0) is 5.54 Å². The van der Waals surface area contributed by atoms with Crippen molar-refractivity contribution in [2.45, 2.75) is 39.2 Å². The average Bonchev–Trinajstić information content (AvgIpc) is 2.36. The lowest BCUT2D eigenvalue weighted by Crippen LogP contribution is -2.43. The van der Waals surface area contributed by atoms with E-state index in [0.717, 1.165) is 24.3 Å². The smallest absolute Gasteiger partial charge is 0.130 e. The maximum Gasteiger partial charge on any atom is 0.130 e. The summed E-state index contributed by atoms with van der Waals surface area (Å²) in [6.07, 6.45) is 5.21. The Kier molecular flexibility index (Phi) is 4.09. The molecular weight excluding hydrogens is 246 g/mol. The number of benzene rings is 1. The van der Waals surface area contributed by atoms with Gasteiger partial charge in [0.25, 0.3) is 0 Å². The molecule has 3 rings (SSSR count). The summed E-state index contributed by atoms with van der Waals surface area (Å²) < 4.78 is 0. The Morgan fingerprint density at radius 1 is 1.20 bits per heavy atom. The largest absolute Gasteiger partial charge is 0.340 e. The fraction of sp³-hybridized carbons (Fsp3) is 0.353. The average molecular weight is 269 g/mol. The van der Waals surface area contributed by atoms with Gasteiger partial charge in [-0.3, -0.25) is 0 Å². The zero-order chi connectivity index (χ0) is 13.3. The van der Waals surface area contributed by atoms with Crippen molar-refractivity contribution in [3.63, 3.8) is 0 Å². The van der Waals surface area contributed by atoms with Crippen molar-refractivity contribution in [3.05, 3.63) is 53.7 Å². The molecule has 20 heavy (non-hydrogen) atoms. The van der Waals surface area contributed by atoms with Gasteiger partial charge in [0.1, 0.15) is 5.82 Å². The van der Waals surface area contributed by atoms with E-state index >= 15 is 0 Å². The quantitative estimate of drug-likeness (QED) is 0.881. The molecule has 1 saturated carbocycles. The molecule has 1 heterocycles. The molecule has 3 heteroatoms. The highest BCUT2D eigenvalue weighted by Crippen LogP contribution is 2.39.